The summed E-state index contributed by atoms with van der Waals surface area (Å²) >= 11 is 0. The molecule has 0 saturated heterocycles. The molecule has 0 aliphatic rings. The van der Waals surface area contributed by atoms with Crippen LogP contribution in [0.3, 0.4) is 0 Å². The fourth-order valence-corrected chi connectivity index (χ4v) is 2.99. The van der Waals surface area contributed by atoms with E-state index >= 15 is 0 Å². The number of carbonyl (C=O) groups is 2. The van der Waals surface area contributed by atoms with Gasteiger partial charge in [-0.3, -0.25) is 4.79 Å². The Morgan fingerprint density at radius 1 is 1.00 bits per heavy atom. The van der Waals surface area contributed by atoms with Crippen LogP contribution in [0, 0.1) is 11.3 Å². The van der Waals surface area contributed by atoms with Gasteiger partial charge in [0.25, 0.3) is 5.91 Å². The minimum absolute atomic E-state index is 0.0276. The zero-order valence-electron chi connectivity index (χ0n) is 17.9. The van der Waals surface area contributed by atoms with Gasteiger partial charge in [-0.25, -0.2) is 4.79 Å². The molecule has 0 aliphatic heterocycles. The average molecular weight is 442 g/mol. The Morgan fingerprint density at radius 2 is 1.73 bits per heavy atom. The Kier molecular flexibility index (Phi) is 7.81. The Morgan fingerprint density at radius 3 is 2.36 bits per heavy atom. The minimum atomic E-state index is -0.988. The summed E-state index contributed by atoms with van der Waals surface area (Å²) in [5.74, 6) is -0.541. The molecule has 0 atom stereocenters. The first kappa shape index (κ1) is 23.1. The van der Waals surface area contributed by atoms with Gasteiger partial charge in [0.1, 0.15) is 18.2 Å². The van der Waals surface area contributed by atoms with Crippen molar-refractivity contribution < 1.29 is 24.2 Å². The van der Waals surface area contributed by atoms with E-state index in [0.29, 0.717) is 23.6 Å². The van der Waals surface area contributed by atoms with Gasteiger partial charge in [0.2, 0.25) is 0 Å². The predicted octanol–water partition coefficient (Wildman–Crippen LogP) is 4.20. The second-order valence-corrected chi connectivity index (χ2v) is 7.04. The van der Waals surface area contributed by atoms with Crippen molar-refractivity contribution in [1.82, 2.24) is 5.32 Å². The largest absolute Gasteiger partial charge is 0.493 e. The molecule has 0 unspecified atom stereocenters. The molecule has 7 heteroatoms. The monoisotopic (exact) mass is 442 g/mol. The Labute approximate surface area is 191 Å². The van der Waals surface area contributed by atoms with Gasteiger partial charge in [-0.05, 0) is 47.0 Å². The van der Waals surface area contributed by atoms with E-state index in [2.05, 4.69) is 5.32 Å². The lowest BCUT2D eigenvalue weighted by Crippen LogP contribution is -2.23. The summed E-state index contributed by atoms with van der Waals surface area (Å²) in [5.41, 5.74) is 2.52. The smallest absolute Gasteiger partial charge is 0.335 e. The molecule has 0 aliphatic carbocycles. The average Bonchev–Trinajstić information content (AvgIpc) is 2.85. The lowest BCUT2D eigenvalue weighted by Gasteiger charge is -2.12. The SMILES string of the molecule is COc1cc(/C=C(\C#N)C(=O)NCc2ccccc2)ccc1OCc1ccc(C(=O)O)cc1. The van der Waals surface area contributed by atoms with Crippen molar-refractivity contribution in [3.05, 3.63) is 101 Å². The lowest BCUT2D eigenvalue weighted by atomic mass is 10.1. The third-order valence-electron chi connectivity index (χ3n) is 4.75. The second-order valence-electron chi connectivity index (χ2n) is 7.04. The maximum absolute atomic E-state index is 12.4. The number of amides is 1. The second kappa shape index (κ2) is 11.2. The predicted molar refractivity (Wildman–Crippen MR) is 123 cm³/mol. The van der Waals surface area contributed by atoms with E-state index in [9.17, 15) is 14.9 Å². The van der Waals surface area contributed by atoms with Crippen molar-refractivity contribution >= 4 is 18.0 Å². The molecule has 3 rings (SSSR count). The van der Waals surface area contributed by atoms with Crippen molar-refractivity contribution in [1.29, 1.82) is 5.26 Å². The Bertz CT molecular complexity index is 1200. The van der Waals surface area contributed by atoms with Crippen LogP contribution in [0.5, 0.6) is 11.5 Å². The molecule has 0 bridgehead atoms. The van der Waals surface area contributed by atoms with Gasteiger partial charge < -0.3 is 19.9 Å². The minimum Gasteiger partial charge on any atom is -0.493 e. The number of benzene rings is 3. The molecule has 0 aromatic heterocycles. The normalized spacial score (nSPS) is 10.7. The number of nitrogens with zero attached hydrogens (tertiary/aromatic N) is 1. The summed E-state index contributed by atoms with van der Waals surface area (Å²) in [4.78, 5) is 23.4. The number of hydrogen-bond acceptors (Lipinski definition) is 5. The van der Waals surface area contributed by atoms with Gasteiger partial charge in [-0.1, -0.05) is 48.5 Å². The first-order valence-corrected chi connectivity index (χ1v) is 10.1. The topological polar surface area (TPSA) is 109 Å². The van der Waals surface area contributed by atoms with Gasteiger partial charge in [0.05, 0.1) is 12.7 Å². The highest BCUT2D eigenvalue weighted by Crippen LogP contribution is 2.29. The van der Waals surface area contributed by atoms with Gasteiger partial charge in [0, 0.05) is 6.54 Å². The highest BCUT2D eigenvalue weighted by Gasteiger charge is 2.11. The highest BCUT2D eigenvalue weighted by molar-refractivity contribution is 6.01. The van der Waals surface area contributed by atoms with Gasteiger partial charge in [-0.2, -0.15) is 5.26 Å². The van der Waals surface area contributed by atoms with Crippen molar-refractivity contribution in [3.63, 3.8) is 0 Å². The third-order valence-corrected chi connectivity index (χ3v) is 4.75. The first-order valence-electron chi connectivity index (χ1n) is 10.1. The molecule has 0 heterocycles. The maximum Gasteiger partial charge on any atom is 0.335 e. The molecule has 2 N–H and O–H groups in total. The fraction of sp³-hybridized carbons (Fsp3) is 0.115. The Balaban J connectivity index is 1.68. The van der Waals surface area contributed by atoms with Gasteiger partial charge >= 0.3 is 5.97 Å². The van der Waals surface area contributed by atoms with Crippen molar-refractivity contribution in [2.24, 2.45) is 0 Å². The summed E-state index contributed by atoms with van der Waals surface area (Å²) in [6.45, 7) is 0.541. The standard InChI is InChI=1S/C26H22N2O5/c1-32-24-14-20(13-22(15-27)25(29)28-16-18-5-3-2-4-6-18)9-12-23(24)33-17-19-7-10-21(11-8-19)26(30)31/h2-14H,16-17H2,1H3,(H,28,29)(H,30,31)/b22-13+. The molecule has 0 saturated carbocycles. The van der Waals surface area contributed by atoms with E-state index in [0.717, 1.165) is 11.1 Å². The molecule has 3 aromatic carbocycles. The number of carboxylic acids is 1. The van der Waals surface area contributed by atoms with Crippen LogP contribution in [0.15, 0.2) is 78.4 Å². The molecule has 3 aromatic rings. The molecule has 7 nitrogen and oxygen atoms in total. The number of rotatable bonds is 9. The number of aromatic carboxylic acids is 1. The van der Waals surface area contributed by atoms with Crippen LogP contribution in [-0.2, 0) is 17.9 Å². The lowest BCUT2D eigenvalue weighted by molar-refractivity contribution is -0.117. The number of nitriles is 1. The summed E-state index contributed by atoms with van der Waals surface area (Å²) < 4.78 is 11.2. The molecule has 166 valence electrons. The molecule has 0 spiro atoms. The van der Waals surface area contributed by atoms with Gasteiger partial charge in [-0.15, -0.1) is 0 Å². The van der Waals surface area contributed by atoms with Crippen LogP contribution < -0.4 is 14.8 Å². The van der Waals surface area contributed by atoms with E-state index in [1.54, 1.807) is 30.3 Å². The molecular formula is C26H22N2O5. The zero-order valence-corrected chi connectivity index (χ0v) is 17.9. The number of hydrogen-bond donors (Lipinski definition) is 2. The molecular weight excluding hydrogens is 420 g/mol. The van der Waals surface area contributed by atoms with E-state index in [4.69, 9.17) is 14.6 Å². The number of methoxy groups -OCH3 is 1. The molecule has 0 radical (unpaired) electrons. The fourth-order valence-electron chi connectivity index (χ4n) is 2.99. The van der Waals surface area contributed by atoms with Crippen LogP contribution in [-0.4, -0.2) is 24.1 Å². The number of carbonyl (C=O) groups excluding carboxylic acids is 1. The number of nitrogens with one attached hydrogen (secondary N) is 1. The summed E-state index contributed by atoms with van der Waals surface area (Å²) in [7, 11) is 1.50. The van der Waals surface area contributed by atoms with Crippen LogP contribution in [0.4, 0.5) is 0 Å². The van der Waals surface area contributed by atoms with Crippen molar-refractivity contribution in [3.8, 4) is 17.6 Å². The number of ether oxygens (including phenoxy) is 2. The van der Waals surface area contributed by atoms with Crippen LogP contribution in [0.2, 0.25) is 0 Å². The quantitative estimate of drug-likeness (QED) is 0.380. The summed E-state index contributed by atoms with van der Waals surface area (Å²) in [6, 6.07) is 22.8. The molecule has 33 heavy (non-hydrogen) atoms. The zero-order chi connectivity index (χ0) is 23.6. The van der Waals surface area contributed by atoms with E-state index in [1.165, 1.54) is 25.3 Å². The van der Waals surface area contributed by atoms with E-state index in [1.807, 2.05) is 36.4 Å². The Hall–Kier alpha value is -4.57. The van der Waals surface area contributed by atoms with Crippen molar-refractivity contribution in [2.45, 2.75) is 13.2 Å². The van der Waals surface area contributed by atoms with E-state index < -0.39 is 11.9 Å². The van der Waals surface area contributed by atoms with Crippen LogP contribution in [0.1, 0.15) is 27.0 Å². The number of carboxylic acid groups (broad SMARTS) is 1. The summed E-state index contributed by atoms with van der Waals surface area (Å²) in [5, 5.41) is 21.1. The highest BCUT2D eigenvalue weighted by atomic mass is 16.5. The van der Waals surface area contributed by atoms with Crippen molar-refractivity contribution in [2.75, 3.05) is 7.11 Å². The van der Waals surface area contributed by atoms with Crippen LogP contribution >= 0.6 is 0 Å². The van der Waals surface area contributed by atoms with E-state index in [-0.39, 0.29) is 17.7 Å². The van der Waals surface area contributed by atoms with Crippen LogP contribution in [0.25, 0.3) is 6.08 Å². The summed E-state index contributed by atoms with van der Waals surface area (Å²) in [6.07, 6.45) is 1.48. The maximum atomic E-state index is 12.4. The third kappa shape index (κ3) is 6.45. The van der Waals surface area contributed by atoms with Gasteiger partial charge in [0.15, 0.2) is 11.5 Å². The first-order chi connectivity index (χ1) is 16.0. The molecule has 0 fully saturated rings. The molecule has 1 amide bonds.